The highest BCUT2D eigenvalue weighted by Gasteiger charge is 2.23. The zero-order valence-corrected chi connectivity index (χ0v) is 17.5. The van der Waals surface area contributed by atoms with Crippen molar-refractivity contribution in [1.29, 1.82) is 0 Å². The quantitative estimate of drug-likeness (QED) is 0.671. The Balaban J connectivity index is 1.65. The van der Waals surface area contributed by atoms with E-state index in [1.807, 2.05) is 18.2 Å². The predicted octanol–water partition coefficient (Wildman–Crippen LogP) is 4.10. The lowest BCUT2D eigenvalue weighted by atomic mass is 10.1. The Morgan fingerprint density at radius 2 is 2.03 bits per heavy atom. The molecule has 0 saturated carbocycles. The van der Waals surface area contributed by atoms with Gasteiger partial charge in [-0.2, -0.15) is 0 Å². The SMILES string of the molecule is COc1cc(/C=C/C(=O)Nc2ccc3c(c2)NC(=O)[C@H](C)O3)ccc1OCC(C)C. The number of methoxy groups -OCH3 is 1. The zero-order valence-electron chi connectivity index (χ0n) is 17.5. The van der Waals surface area contributed by atoms with Crippen molar-refractivity contribution in [2.24, 2.45) is 5.92 Å². The average molecular weight is 410 g/mol. The number of ether oxygens (including phenoxy) is 3. The maximum atomic E-state index is 12.3. The van der Waals surface area contributed by atoms with E-state index in [4.69, 9.17) is 14.2 Å². The van der Waals surface area contributed by atoms with Crippen molar-refractivity contribution in [3.8, 4) is 17.2 Å². The van der Waals surface area contributed by atoms with Gasteiger partial charge in [0.25, 0.3) is 5.91 Å². The minimum Gasteiger partial charge on any atom is -0.493 e. The summed E-state index contributed by atoms with van der Waals surface area (Å²) in [7, 11) is 1.58. The molecule has 2 amide bonds. The van der Waals surface area contributed by atoms with Crippen LogP contribution in [0.1, 0.15) is 26.3 Å². The van der Waals surface area contributed by atoms with Crippen molar-refractivity contribution in [2.75, 3.05) is 24.4 Å². The zero-order chi connectivity index (χ0) is 21.7. The fourth-order valence-corrected chi connectivity index (χ4v) is 2.81. The van der Waals surface area contributed by atoms with Gasteiger partial charge in [0.2, 0.25) is 5.91 Å². The normalized spacial score (nSPS) is 15.4. The maximum Gasteiger partial charge on any atom is 0.265 e. The third kappa shape index (κ3) is 5.31. The first kappa shape index (κ1) is 21.2. The number of fused-ring (bicyclic) bond motifs is 1. The van der Waals surface area contributed by atoms with Crippen molar-refractivity contribution in [3.63, 3.8) is 0 Å². The van der Waals surface area contributed by atoms with E-state index >= 15 is 0 Å². The highest BCUT2D eigenvalue weighted by Crippen LogP contribution is 2.32. The number of anilines is 2. The van der Waals surface area contributed by atoms with E-state index in [1.54, 1.807) is 38.3 Å². The Morgan fingerprint density at radius 3 is 2.77 bits per heavy atom. The van der Waals surface area contributed by atoms with Crippen molar-refractivity contribution in [3.05, 3.63) is 48.0 Å². The number of carbonyl (C=O) groups is 2. The summed E-state index contributed by atoms with van der Waals surface area (Å²) in [6, 6.07) is 10.6. The molecule has 7 heteroatoms. The molecule has 30 heavy (non-hydrogen) atoms. The largest absolute Gasteiger partial charge is 0.493 e. The Morgan fingerprint density at radius 1 is 1.23 bits per heavy atom. The van der Waals surface area contributed by atoms with Gasteiger partial charge in [0.15, 0.2) is 17.6 Å². The summed E-state index contributed by atoms with van der Waals surface area (Å²) in [5, 5.41) is 5.53. The molecule has 7 nitrogen and oxygen atoms in total. The average Bonchev–Trinajstić information content (AvgIpc) is 2.72. The molecule has 2 aromatic carbocycles. The van der Waals surface area contributed by atoms with Gasteiger partial charge in [-0.05, 0) is 54.8 Å². The third-order valence-corrected chi connectivity index (χ3v) is 4.36. The van der Waals surface area contributed by atoms with E-state index in [0.717, 1.165) is 5.56 Å². The summed E-state index contributed by atoms with van der Waals surface area (Å²) < 4.78 is 16.6. The monoisotopic (exact) mass is 410 g/mol. The summed E-state index contributed by atoms with van der Waals surface area (Å²) in [4.78, 5) is 24.0. The lowest BCUT2D eigenvalue weighted by Gasteiger charge is -2.23. The van der Waals surface area contributed by atoms with Gasteiger partial charge in [0, 0.05) is 11.8 Å². The van der Waals surface area contributed by atoms with Crippen LogP contribution in [0, 0.1) is 5.92 Å². The maximum absolute atomic E-state index is 12.3. The van der Waals surface area contributed by atoms with Crippen LogP contribution in [0.25, 0.3) is 6.08 Å². The first-order chi connectivity index (χ1) is 14.4. The van der Waals surface area contributed by atoms with Gasteiger partial charge in [-0.25, -0.2) is 0 Å². The molecular formula is C23H26N2O5. The van der Waals surface area contributed by atoms with Crippen molar-refractivity contribution < 1.29 is 23.8 Å². The summed E-state index contributed by atoms with van der Waals surface area (Å²) >= 11 is 0. The van der Waals surface area contributed by atoms with Crippen LogP contribution < -0.4 is 24.8 Å². The first-order valence-corrected chi connectivity index (χ1v) is 9.77. The van der Waals surface area contributed by atoms with Crippen molar-refractivity contribution >= 4 is 29.3 Å². The van der Waals surface area contributed by atoms with Crippen LogP contribution in [0.5, 0.6) is 17.2 Å². The third-order valence-electron chi connectivity index (χ3n) is 4.36. The van der Waals surface area contributed by atoms with Gasteiger partial charge in [0.1, 0.15) is 5.75 Å². The molecule has 1 atom stereocenters. The Hall–Kier alpha value is -3.48. The smallest absolute Gasteiger partial charge is 0.265 e. The van der Waals surface area contributed by atoms with Crippen LogP contribution in [0.4, 0.5) is 11.4 Å². The van der Waals surface area contributed by atoms with E-state index < -0.39 is 6.10 Å². The fourth-order valence-electron chi connectivity index (χ4n) is 2.81. The second-order valence-corrected chi connectivity index (χ2v) is 7.40. The minimum atomic E-state index is -0.542. The second-order valence-electron chi connectivity index (χ2n) is 7.40. The number of amides is 2. The number of rotatable bonds is 7. The predicted molar refractivity (Wildman–Crippen MR) is 116 cm³/mol. The van der Waals surface area contributed by atoms with Crippen LogP contribution >= 0.6 is 0 Å². The molecule has 3 rings (SSSR count). The number of benzene rings is 2. The molecule has 0 radical (unpaired) electrons. The highest BCUT2D eigenvalue weighted by molar-refractivity contribution is 6.03. The van der Waals surface area contributed by atoms with Gasteiger partial charge in [-0.1, -0.05) is 19.9 Å². The molecule has 2 aromatic rings. The summed E-state index contributed by atoms with van der Waals surface area (Å²) in [6.07, 6.45) is 2.58. The van der Waals surface area contributed by atoms with Gasteiger partial charge in [0.05, 0.1) is 19.4 Å². The fraction of sp³-hybridized carbons (Fsp3) is 0.304. The lowest BCUT2D eigenvalue weighted by Crippen LogP contribution is -2.34. The van der Waals surface area contributed by atoms with Crippen LogP contribution in [0.15, 0.2) is 42.5 Å². The molecule has 0 saturated heterocycles. The summed E-state index contributed by atoms with van der Waals surface area (Å²) in [6.45, 7) is 6.42. The molecule has 2 N–H and O–H groups in total. The van der Waals surface area contributed by atoms with Crippen LogP contribution in [0.3, 0.4) is 0 Å². The van der Waals surface area contributed by atoms with Gasteiger partial charge in [-0.3, -0.25) is 9.59 Å². The second kappa shape index (κ2) is 9.35. The number of carbonyl (C=O) groups excluding carboxylic acids is 2. The van der Waals surface area contributed by atoms with Crippen molar-refractivity contribution in [1.82, 2.24) is 0 Å². The minimum absolute atomic E-state index is 0.222. The molecule has 0 aliphatic carbocycles. The summed E-state index contributed by atoms with van der Waals surface area (Å²) in [5.74, 6) is 1.73. The van der Waals surface area contributed by atoms with Crippen LogP contribution in [0.2, 0.25) is 0 Å². The molecular weight excluding hydrogens is 384 g/mol. The molecule has 158 valence electrons. The number of nitrogens with one attached hydrogen (secondary N) is 2. The Kier molecular flexibility index (Phi) is 6.61. The molecule has 1 heterocycles. The molecule has 0 fully saturated rings. The molecule has 0 unspecified atom stereocenters. The molecule has 0 spiro atoms. The van der Waals surface area contributed by atoms with E-state index in [-0.39, 0.29) is 11.8 Å². The molecule has 0 aromatic heterocycles. The molecule has 0 bridgehead atoms. The Labute approximate surface area is 176 Å². The number of hydrogen-bond donors (Lipinski definition) is 2. The van der Waals surface area contributed by atoms with E-state index in [1.165, 1.54) is 6.08 Å². The van der Waals surface area contributed by atoms with Gasteiger partial charge >= 0.3 is 0 Å². The van der Waals surface area contributed by atoms with E-state index in [2.05, 4.69) is 24.5 Å². The molecule has 1 aliphatic heterocycles. The lowest BCUT2D eigenvalue weighted by molar-refractivity contribution is -0.122. The van der Waals surface area contributed by atoms with Gasteiger partial charge < -0.3 is 24.8 Å². The Bertz CT molecular complexity index is 968. The van der Waals surface area contributed by atoms with Crippen molar-refractivity contribution in [2.45, 2.75) is 26.9 Å². The first-order valence-electron chi connectivity index (χ1n) is 9.77. The van der Waals surface area contributed by atoms with Crippen LogP contribution in [-0.4, -0.2) is 31.6 Å². The van der Waals surface area contributed by atoms with Crippen LogP contribution in [-0.2, 0) is 9.59 Å². The van der Waals surface area contributed by atoms with E-state index in [9.17, 15) is 9.59 Å². The topological polar surface area (TPSA) is 85.9 Å². The number of hydrogen-bond acceptors (Lipinski definition) is 5. The van der Waals surface area contributed by atoms with E-state index in [0.29, 0.717) is 41.1 Å². The molecule has 1 aliphatic rings. The highest BCUT2D eigenvalue weighted by atomic mass is 16.5. The van der Waals surface area contributed by atoms with Gasteiger partial charge in [-0.15, -0.1) is 0 Å². The summed E-state index contributed by atoms with van der Waals surface area (Å²) in [5.41, 5.74) is 1.89. The standard InChI is InChI=1S/C23H26N2O5/c1-14(2)13-29-20-8-5-16(11-21(20)28-4)6-10-22(26)24-17-7-9-19-18(12-17)25-23(27)15(3)30-19/h5-12,14-15H,13H2,1-4H3,(H,24,26)(H,25,27)/b10-6+/t15-/m0/s1.